The normalized spacial score (nSPS) is 12.8. The van der Waals surface area contributed by atoms with Crippen LogP contribution in [0.4, 0.5) is 0 Å². The molecule has 0 rings (SSSR count). The third kappa shape index (κ3) is 2.21. The predicted octanol–water partition coefficient (Wildman–Crippen LogP) is 1.95. The van der Waals surface area contributed by atoms with Gasteiger partial charge in [0.05, 0.1) is 0 Å². The van der Waals surface area contributed by atoms with Crippen molar-refractivity contribution in [2.45, 2.75) is 46.6 Å². The maximum Gasteiger partial charge on any atom is 0.207 e. The minimum absolute atomic E-state index is 0.122. The zero-order chi connectivity index (χ0) is 9.12. The third-order valence-electron chi connectivity index (χ3n) is 3.00. The van der Waals surface area contributed by atoms with Gasteiger partial charge in [0.2, 0.25) is 6.41 Å². The summed E-state index contributed by atoms with van der Waals surface area (Å²) in [5.41, 5.74) is 0.0252. The maximum atomic E-state index is 10.3. The molecular weight excluding hydrogens is 138 g/mol. The first-order valence-electron chi connectivity index (χ1n) is 4.09. The van der Waals surface area contributed by atoms with Gasteiger partial charge in [-0.2, -0.15) is 0 Å². The molecule has 1 N–H and O–H groups in total. The lowest BCUT2D eigenvalue weighted by atomic mass is 9.73. The molecule has 66 valence electrons. The molecule has 0 spiro atoms. The number of carbonyl (C=O) groups excluding carboxylic acids is 1. The fourth-order valence-corrected chi connectivity index (χ4v) is 0.785. The van der Waals surface area contributed by atoms with E-state index in [1.807, 2.05) is 13.8 Å². The fraction of sp³-hybridized carbons (Fsp3) is 0.889. The van der Waals surface area contributed by atoms with Crippen molar-refractivity contribution in [2.75, 3.05) is 0 Å². The minimum atomic E-state index is -0.122. The zero-order valence-electron chi connectivity index (χ0n) is 8.19. The molecule has 0 bridgehead atoms. The van der Waals surface area contributed by atoms with E-state index in [-0.39, 0.29) is 11.0 Å². The van der Waals surface area contributed by atoms with Crippen LogP contribution in [0.2, 0.25) is 0 Å². The van der Waals surface area contributed by atoms with E-state index in [0.717, 1.165) is 12.8 Å². The molecule has 2 heteroatoms. The van der Waals surface area contributed by atoms with Crippen molar-refractivity contribution in [3.8, 4) is 0 Å². The zero-order valence-corrected chi connectivity index (χ0v) is 8.19. The van der Waals surface area contributed by atoms with E-state index in [2.05, 4.69) is 26.1 Å². The minimum Gasteiger partial charge on any atom is -0.353 e. The highest BCUT2D eigenvalue weighted by Crippen LogP contribution is 2.32. The molecule has 2 nitrogen and oxygen atoms in total. The van der Waals surface area contributed by atoms with Crippen LogP contribution in [0.15, 0.2) is 0 Å². The van der Waals surface area contributed by atoms with Gasteiger partial charge in [-0.05, 0) is 25.7 Å². The summed E-state index contributed by atoms with van der Waals surface area (Å²) in [7, 11) is 0. The number of rotatable bonds is 4. The second kappa shape index (κ2) is 3.24. The van der Waals surface area contributed by atoms with Crippen LogP contribution in [-0.2, 0) is 4.79 Å². The second-order valence-electron chi connectivity index (χ2n) is 4.12. The molecule has 11 heavy (non-hydrogen) atoms. The summed E-state index contributed by atoms with van der Waals surface area (Å²) in [5.74, 6) is 0. The van der Waals surface area contributed by atoms with E-state index in [1.54, 1.807) is 0 Å². The van der Waals surface area contributed by atoms with Gasteiger partial charge in [0.25, 0.3) is 0 Å². The van der Waals surface area contributed by atoms with Crippen molar-refractivity contribution in [3.63, 3.8) is 0 Å². The molecule has 0 unspecified atom stereocenters. The summed E-state index contributed by atoms with van der Waals surface area (Å²) in [6.45, 7) is 10.5. The first-order valence-corrected chi connectivity index (χ1v) is 4.09. The van der Waals surface area contributed by atoms with Gasteiger partial charge < -0.3 is 5.32 Å². The summed E-state index contributed by atoms with van der Waals surface area (Å²) in [4.78, 5) is 10.3. The lowest BCUT2D eigenvalue weighted by molar-refractivity contribution is -0.112. The number of hydrogen-bond donors (Lipinski definition) is 1. The smallest absolute Gasteiger partial charge is 0.207 e. The van der Waals surface area contributed by atoms with Crippen molar-refractivity contribution >= 4 is 6.41 Å². The van der Waals surface area contributed by atoms with Crippen LogP contribution in [-0.4, -0.2) is 11.9 Å². The molecule has 0 aliphatic rings. The van der Waals surface area contributed by atoms with Crippen molar-refractivity contribution in [3.05, 3.63) is 0 Å². The molecule has 1 amide bonds. The number of hydrogen-bond acceptors (Lipinski definition) is 1. The molecule has 0 saturated carbocycles. The van der Waals surface area contributed by atoms with E-state index in [4.69, 9.17) is 0 Å². The highest BCUT2D eigenvalue weighted by molar-refractivity contribution is 5.48. The molecule has 0 radical (unpaired) electrons. The van der Waals surface area contributed by atoms with Gasteiger partial charge in [0, 0.05) is 5.54 Å². The summed E-state index contributed by atoms with van der Waals surface area (Å²) in [6.07, 6.45) is 1.83. The van der Waals surface area contributed by atoms with Crippen LogP contribution in [0.1, 0.15) is 41.0 Å². The standard InChI is InChI=1S/C9H19NO/c1-6-8(2,3)9(4,5)10-7-11/h7H,6H2,1-5H3,(H,10,11). The van der Waals surface area contributed by atoms with Gasteiger partial charge in [0.1, 0.15) is 0 Å². The summed E-state index contributed by atoms with van der Waals surface area (Å²) in [5, 5.41) is 2.83. The van der Waals surface area contributed by atoms with Crippen LogP contribution in [0, 0.1) is 5.41 Å². The molecule has 0 aliphatic carbocycles. The molecule has 0 heterocycles. The Morgan fingerprint density at radius 2 is 1.73 bits per heavy atom. The van der Waals surface area contributed by atoms with Gasteiger partial charge in [0.15, 0.2) is 0 Å². The Morgan fingerprint density at radius 3 is 2.00 bits per heavy atom. The first kappa shape index (κ1) is 10.5. The lowest BCUT2D eigenvalue weighted by Crippen LogP contribution is -2.50. The van der Waals surface area contributed by atoms with Gasteiger partial charge in [-0.3, -0.25) is 4.79 Å². The second-order valence-corrected chi connectivity index (χ2v) is 4.12. The van der Waals surface area contributed by atoms with Crippen LogP contribution < -0.4 is 5.32 Å². The Kier molecular flexibility index (Phi) is 3.09. The summed E-state index contributed by atoms with van der Waals surface area (Å²) < 4.78 is 0. The summed E-state index contributed by atoms with van der Waals surface area (Å²) in [6, 6.07) is 0. The largest absolute Gasteiger partial charge is 0.353 e. The van der Waals surface area contributed by atoms with E-state index >= 15 is 0 Å². The Labute approximate surface area is 69.4 Å². The number of nitrogens with one attached hydrogen (secondary N) is 1. The van der Waals surface area contributed by atoms with E-state index in [9.17, 15) is 4.79 Å². The third-order valence-corrected chi connectivity index (χ3v) is 3.00. The molecule has 0 aliphatic heterocycles. The number of carbonyl (C=O) groups is 1. The molecule has 0 atom stereocenters. The SMILES string of the molecule is CCC(C)(C)C(C)(C)NC=O. The molecule has 0 aromatic carbocycles. The number of amides is 1. The van der Waals surface area contributed by atoms with Crippen molar-refractivity contribution in [1.82, 2.24) is 5.32 Å². The van der Waals surface area contributed by atoms with Crippen LogP contribution >= 0.6 is 0 Å². The monoisotopic (exact) mass is 157 g/mol. The topological polar surface area (TPSA) is 29.1 Å². The van der Waals surface area contributed by atoms with E-state index in [0.29, 0.717) is 0 Å². The quantitative estimate of drug-likeness (QED) is 0.621. The van der Waals surface area contributed by atoms with Crippen molar-refractivity contribution in [2.24, 2.45) is 5.41 Å². The average Bonchev–Trinajstić information content (AvgIpc) is 1.87. The Bertz CT molecular complexity index is 138. The van der Waals surface area contributed by atoms with Crippen LogP contribution in [0.25, 0.3) is 0 Å². The van der Waals surface area contributed by atoms with Gasteiger partial charge in [-0.25, -0.2) is 0 Å². The first-order chi connectivity index (χ1) is 4.87. The molecule has 0 fully saturated rings. The molecule has 0 saturated heterocycles. The van der Waals surface area contributed by atoms with Gasteiger partial charge in [-0.15, -0.1) is 0 Å². The van der Waals surface area contributed by atoms with Crippen LogP contribution in [0.5, 0.6) is 0 Å². The fourth-order valence-electron chi connectivity index (χ4n) is 0.785. The maximum absolute atomic E-state index is 10.3. The highest BCUT2D eigenvalue weighted by Gasteiger charge is 2.34. The molecule has 0 aromatic rings. The van der Waals surface area contributed by atoms with Crippen molar-refractivity contribution < 1.29 is 4.79 Å². The highest BCUT2D eigenvalue weighted by atomic mass is 16.1. The average molecular weight is 157 g/mol. The summed E-state index contributed by atoms with van der Waals surface area (Å²) >= 11 is 0. The lowest BCUT2D eigenvalue weighted by Gasteiger charge is -2.40. The molecule has 0 aromatic heterocycles. The molecular formula is C9H19NO. The Morgan fingerprint density at radius 1 is 1.27 bits per heavy atom. The van der Waals surface area contributed by atoms with E-state index in [1.165, 1.54) is 0 Å². The van der Waals surface area contributed by atoms with Crippen molar-refractivity contribution in [1.29, 1.82) is 0 Å². The predicted molar refractivity (Wildman–Crippen MR) is 47.4 cm³/mol. The van der Waals surface area contributed by atoms with Crippen LogP contribution in [0.3, 0.4) is 0 Å². The Hall–Kier alpha value is -0.530. The van der Waals surface area contributed by atoms with E-state index < -0.39 is 0 Å². The van der Waals surface area contributed by atoms with Gasteiger partial charge >= 0.3 is 0 Å². The van der Waals surface area contributed by atoms with Gasteiger partial charge in [-0.1, -0.05) is 20.8 Å². The Balaban J connectivity index is 4.38.